The molecule has 0 saturated heterocycles. The van der Waals surface area contributed by atoms with Crippen molar-refractivity contribution in [3.63, 3.8) is 0 Å². The molecule has 0 atom stereocenters. The molecule has 0 heterocycles. The Balaban J connectivity index is 0.601. The molecule has 0 aliphatic heterocycles. The molecule has 0 bridgehead atoms. The average molecular weight is 1470 g/mol. The molecule has 0 aliphatic carbocycles. The smallest absolute Gasteiger partial charge is 0.0630 e. The highest BCUT2D eigenvalue weighted by atomic mass is 14.7. The number of hydrogen-bond donors (Lipinski definition) is 0. The van der Waals surface area contributed by atoms with Gasteiger partial charge in [-0.25, -0.2) is 0 Å². The van der Waals surface area contributed by atoms with Gasteiger partial charge >= 0.3 is 0 Å². The van der Waals surface area contributed by atoms with E-state index in [1.807, 2.05) is 58.1 Å². The Bertz CT molecular complexity index is 6110. The van der Waals surface area contributed by atoms with Crippen molar-refractivity contribution in [3.8, 4) is 134 Å². The summed E-state index contributed by atoms with van der Waals surface area (Å²) in [5.41, 5.74) is 39.5. The van der Waals surface area contributed by atoms with Gasteiger partial charge in [-0.1, -0.05) is 235 Å². The molecular formula is C108H84N6. The molecule has 0 saturated carbocycles. The standard InChI is InChI=1S/C108H84N6/c1-7-109-103-46-34-85(35-47-103)97-64-98(86-36-48-104(49-37-86)110-8-2)66-100(65-97)88-40-52-106(53-41-88)113-71-77-18-30-83(31-19-77)95-61-93(81-26-14-75(6)15-27-81)62-96(63-95)84-32-20-78(21-33-84)72-114-108-56-44-90(45-57-108)102-68-99(87-38-50-105(51-39-87)111-9-3)67-101(69-102)89-42-54-107(55-43-89)112-70-76-16-28-82(29-17-76)94-59-91(79-22-10-73(4)11-23-79)58-92(60-94)80-24-12-74(5)13-25-80/h7-72H,1-6H3. The zero-order valence-electron chi connectivity index (χ0n) is 64.8. The van der Waals surface area contributed by atoms with E-state index in [1.165, 1.54) is 50.1 Å². The Kier molecular flexibility index (Phi) is 22.1. The van der Waals surface area contributed by atoms with Crippen LogP contribution in [0.1, 0.15) is 54.2 Å². The first-order valence-corrected chi connectivity index (χ1v) is 38.8. The van der Waals surface area contributed by atoms with E-state index in [0.29, 0.717) is 0 Å². The molecule has 0 N–H and O–H groups in total. The minimum atomic E-state index is 0.867. The van der Waals surface area contributed by atoms with Crippen LogP contribution in [-0.4, -0.2) is 37.3 Å². The number of aliphatic imine (C=N–C) groups is 6. The molecule has 16 aromatic carbocycles. The number of rotatable bonds is 21. The molecule has 0 spiro atoms. The van der Waals surface area contributed by atoms with Crippen LogP contribution in [0, 0.1) is 20.8 Å². The van der Waals surface area contributed by atoms with Crippen molar-refractivity contribution in [2.24, 2.45) is 30.0 Å². The Morgan fingerprint density at radius 1 is 0.140 bits per heavy atom. The molecule has 546 valence electrons. The fourth-order valence-electron chi connectivity index (χ4n) is 14.4. The van der Waals surface area contributed by atoms with Gasteiger partial charge in [0.2, 0.25) is 0 Å². The van der Waals surface area contributed by atoms with Gasteiger partial charge in [0, 0.05) is 37.3 Å². The molecule has 16 aromatic rings. The summed E-state index contributed by atoms with van der Waals surface area (Å²) in [6.45, 7) is 12.2. The average Bonchev–Trinajstić information content (AvgIpc) is 0.812. The third kappa shape index (κ3) is 17.9. The van der Waals surface area contributed by atoms with Crippen molar-refractivity contribution in [3.05, 3.63) is 397 Å². The first-order chi connectivity index (χ1) is 55.9. The fraction of sp³-hybridized carbons (Fsp3) is 0.0556. The summed E-state index contributed by atoms with van der Waals surface area (Å²) >= 11 is 0. The SMILES string of the molecule is CC=Nc1ccc(-c2cc(-c3ccc(N=CC)cc3)cc(-c3ccc(N=Cc4ccc(-c5cc(-c6ccc(C)cc6)cc(-c6ccc(C=Nc7ccc(-c8cc(-c9ccc(N=CC)cc9)cc(-c9ccc(N=Cc%10ccc(-c%11cc(-c%12ccc(C)cc%12)cc(-c%12ccc(C)cc%12)c%11)cc%10)cc9)c8)cc7)cc6)c5)cc4)cc3)c2)cc1. The van der Waals surface area contributed by atoms with Crippen molar-refractivity contribution in [1.29, 1.82) is 0 Å². The van der Waals surface area contributed by atoms with E-state index in [-0.39, 0.29) is 0 Å². The molecular weight excluding hydrogens is 1380 g/mol. The molecule has 0 aliphatic rings. The van der Waals surface area contributed by atoms with Gasteiger partial charge in [0.15, 0.2) is 0 Å². The van der Waals surface area contributed by atoms with Crippen LogP contribution in [-0.2, 0) is 0 Å². The second-order valence-electron chi connectivity index (χ2n) is 28.9. The monoisotopic (exact) mass is 1460 g/mol. The summed E-state index contributed by atoms with van der Waals surface area (Å²) in [5.74, 6) is 0. The first kappa shape index (κ1) is 73.7. The molecule has 114 heavy (non-hydrogen) atoms. The number of benzene rings is 16. The Hall–Kier alpha value is -14.5. The number of nitrogens with zero attached hydrogens (tertiary/aromatic N) is 6. The predicted molar refractivity (Wildman–Crippen MR) is 488 cm³/mol. The second kappa shape index (κ2) is 34.2. The Morgan fingerprint density at radius 3 is 0.404 bits per heavy atom. The van der Waals surface area contributed by atoms with E-state index >= 15 is 0 Å². The highest BCUT2D eigenvalue weighted by Gasteiger charge is 2.15. The molecule has 0 amide bonds. The van der Waals surface area contributed by atoms with Crippen LogP contribution in [0.2, 0.25) is 0 Å². The van der Waals surface area contributed by atoms with Gasteiger partial charge in [0.25, 0.3) is 0 Å². The van der Waals surface area contributed by atoms with E-state index in [1.54, 1.807) is 0 Å². The minimum Gasteiger partial charge on any atom is -0.262 e. The highest BCUT2D eigenvalue weighted by Crippen LogP contribution is 2.41. The summed E-state index contributed by atoms with van der Waals surface area (Å²) in [6, 6.07) is 131. The van der Waals surface area contributed by atoms with E-state index in [4.69, 9.17) is 15.0 Å². The van der Waals surface area contributed by atoms with Gasteiger partial charge in [-0.05, 0) is 337 Å². The van der Waals surface area contributed by atoms with Crippen molar-refractivity contribution < 1.29 is 0 Å². The van der Waals surface area contributed by atoms with Gasteiger partial charge in [-0.15, -0.1) is 0 Å². The molecule has 0 radical (unpaired) electrons. The maximum absolute atomic E-state index is 4.99. The molecule has 6 heteroatoms. The van der Waals surface area contributed by atoms with E-state index in [2.05, 4.69) is 400 Å². The highest BCUT2D eigenvalue weighted by molar-refractivity contribution is 5.91. The van der Waals surface area contributed by atoms with Gasteiger partial charge in [-0.3, -0.25) is 30.0 Å². The summed E-state index contributed by atoms with van der Waals surface area (Å²) in [7, 11) is 0. The van der Waals surface area contributed by atoms with Gasteiger partial charge in [0.05, 0.1) is 34.1 Å². The summed E-state index contributed by atoms with van der Waals surface area (Å²) < 4.78 is 0. The van der Waals surface area contributed by atoms with Crippen LogP contribution >= 0.6 is 0 Å². The van der Waals surface area contributed by atoms with Crippen LogP contribution in [0.25, 0.3) is 134 Å². The first-order valence-electron chi connectivity index (χ1n) is 38.8. The van der Waals surface area contributed by atoms with Gasteiger partial charge < -0.3 is 0 Å². The maximum atomic E-state index is 4.99. The van der Waals surface area contributed by atoms with Crippen LogP contribution in [0.3, 0.4) is 0 Å². The van der Waals surface area contributed by atoms with E-state index in [9.17, 15) is 0 Å². The van der Waals surface area contributed by atoms with Crippen LogP contribution in [0.15, 0.2) is 394 Å². The van der Waals surface area contributed by atoms with Gasteiger partial charge in [-0.2, -0.15) is 0 Å². The van der Waals surface area contributed by atoms with Crippen LogP contribution < -0.4 is 0 Å². The fourth-order valence-corrected chi connectivity index (χ4v) is 14.4. The lowest BCUT2D eigenvalue weighted by atomic mass is 9.92. The van der Waals surface area contributed by atoms with Crippen LogP contribution in [0.4, 0.5) is 34.1 Å². The van der Waals surface area contributed by atoms with Crippen molar-refractivity contribution in [2.75, 3.05) is 0 Å². The summed E-state index contributed by atoms with van der Waals surface area (Å²) in [5, 5.41) is 0. The lowest BCUT2D eigenvalue weighted by molar-refractivity contribution is 1.46. The third-order valence-electron chi connectivity index (χ3n) is 20.7. The summed E-state index contributed by atoms with van der Waals surface area (Å²) in [4.78, 5) is 28.4. The molecule has 6 nitrogen and oxygen atoms in total. The maximum Gasteiger partial charge on any atom is 0.0630 e. The topological polar surface area (TPSA) is 74.2 Å². The Morgan fingerprint density at radius 2 is 0.263 bits per heavy atom. The number of aryl methyl sites for hydroxylation is 3. The third-order valence-corrected chi connectivity index (χ3v) is 20.7. The van der Waals surface area contributed by atoms with Gasteiger partial charge in [0.1, 0.15) is 0 Å². The largest absolute Gasteiger partial charge is 0.262 e. The quantitative estimate of drug-likeness (QED) is 0.0643. The lowest BCUT2D eigenvalue weighted by Crippen LogP contribution is -1.88. The zero-order chi connectivity index (χ0) is 77.7. The molecule has 0 aromatic heterocycles. The van der Waals surface area contributed by atoms with E-state index in [0.717, 1.165) is 151 Å². The van der Waals surface area contributed by atoms with Crippen molar-refractivity contribution in [2.45, 2.75) is 41.5 Å². The number of hydrogen-bond acceptors (Lipinski definition) is 6. The van der Waals surface area contributed by atoms with Crippen molar-refractivity contribution >= 4 is 71.4 Å². The van der Waals surface area contributed by atoms with E-state index < -0.39 is 0 Å². The van der Waals surface area contributed by atoms with Crippen LogP contribution in [0.5, 0.6) is 0 Å². The lowest BCUT2D eigenvalue weighted by Gasteiger charge is -2.12. The zero-order valence-corrected chi connectivity index (χ0v) is 64.8. The second-order valence-corrected chi connectivity index (χ2v) is 28.9. The summed E-state index contributed by atoms with van der Waals surface area (Å²) in [6.07, 6.45) is 11.3. The molecule has 16 rings (SSSR count). The predicted octanol–water partition coefficient (Wildman–Crippen LogP) is 30.0. The molecule has 0 fully saturated rings. The normalized spacial score (nSPS) is 11.7. The molecule has 0 unspecified atom stereocenters. The van der Waals surface area contributed by atoms with Crippen molar-refractivity contribution in [1.82, 2.24) is 0 Å². The Labute approximate surface area is 669 Å². The minimum absolute atomic E-state index is 0.867.